The molecule has 1 aliphatic rings. The summed E-state index contributed by atoms with van der Waals surface area (Å²) in [7, 11) is 0. The molecule has 0 bridgehead atoms. The maximum absolute atomic E-state index is 12.7. The molecule has 0 aromatic carbocycles. The Morgan fingerprint density at radius 2 is 0.957 bits per heavy atom. The van der Waals surface area contributed by atoms with E-state index in [0.717, 1.165) is 0 Å². The van der Waals surface area contributed by atoms with Gasteiger partial charge in [-0.05, 0) is 0 Å². The van der Waals surface area contributed by atoms with Crippen molar-refractivity contribution in [2.75, 3.05) is 13.2 Å². The Kier molecular flexibility index (Phi) is 13.7. The molecular weight excluding hydrogens is 656 g/mol. The number of carbonyl (C=O) groups is 9. The van der Waals surface area contributed by atoms with Gasteiger partial charge in [-0.25, -0.2) is 14.4 Å². The van der Waals surface area contributed by atoms with Crippen molar-refractivity contribution in [2.45, 2.75) is 79.7 Å². The van der Waals surface area contributed by atoms with Gasteiger partial charge in [-0.15, -0.1) is 0 Å². The van der Waals surface area contributed by atoms with Gasteiger partial charge in [0.05, 0.1) is 51.7 Å². The lowest BCUT2D eigenvalue weighted by Gasteiger charge is -2.30. The summed E-state index contributed by atoms with van der Waals surface area (Å²) in [5.74, 6) is -17.1. The van der Waals surface area contributed by atoms with E-state index in [1.807, 2.05) is 0 Å². The van der Waals surface area contributed by atoms with Gasteiger partial charge in [-0.1, -0.05) is 0 Å². The van der Waals surface area contributed by atoms with Crippen LogP contribution in [0.25, 0.3) is 0 Å². The van der Waals surface area contributed by atoms with Gasteiger partial charge in [0.15, 0.2) is 35.1 Å². The van der Waals surface area contributed by atoms with Crippen molar-refractivity contribution in [3.8, 4) is 0 Å². The first-order valence-electron chi connectivity index (χ1n) is 12.8. The molecule has 264 valence electrons. The van der Waals surface area contributed by atoms with Gasteiger partial charge in [-0.3, -0.25) is 28.8 Å². The van der Waals surface area contributed by atoms with Crippen molar-refractivity contribution >= 4 is 53.7 Å². The Bertz CT molecular complexity index is 1280. The van der Waals surface area contributed by atoms with Crippen LogP contribution in [0.1, 0.15) is 38.5 Å². The van der Waals surface area contributed by atoms with Gasteiger partial charge in [-0.2, -0.15) is 0 Å². The third kappa shape index (κ3) is 11.4. The molecule has 10 N–H and O–H groups in total. The molecule has 1 rings (SSSR count). The molecule has 3 unspecified atom stereocenters. The number of hydrogen-bond acceptors (Lipinski definition) is 17. The zero-order valence-corrected chi connectivity index (χ0v) is 23.7. The summed E-state index contributed by atoms with van der Waals surface area (Å²) in [6.45, 7) is -2.14. The van der Waals surface area contributed by atoms with Gasteiger partial charge in [0, 0.05) is 0 Å². The van der Waals surface area contributed by atoms with E-state index in [2.05, 4.69) is 0 Å². The van der Waals surface area contributed by atoms with Gasteiger partial charge < -0.3 is 70.0 Å². The van der Waals surface area contributed by atoms with E-state index in [9.17, 15) is 73.8 Å². The minimum Gasteiger partial charge on any atom is -0.481 e. The number of carboxylic acid groups (broad SMARTS) is 6. The number of aliphatic hydroxyl groups is 4. The molecule has 1 aliphatic heterocycles. The van der Waals surface area contributed by atoms with Gasteiger partial charge in [0.25, 0.3) is 0 Å². The first-order valence-corrected chi connectivity index (χ1v) is 12.8. The van der Waals surface area contributed by atoms with Gasteiger partial charge >= 0.3 is 53.7 Å². The average molecular weight is 686 g/mol. The largest absolute Gasteiger partial charge is 0.481 e. The topological polar surface area (TPSA) is 393 Å². The molecule has 23 heteroatoms. The Balaban J connectivity index is 3.38. The van der Waals surface area contributed by atoms with Crippen LogP contribution in [0.4, 0.5) is 0 Å². The minimum atomic E-state index is -3.27. The third-order valence-electron chi connectivity index (χ3n) is 6.36. The highest BCUT2D eigenvalue weighted by Crippen LogP contribution is 2.29. The van der Waals surface area contributed by atoms with Crippen LogP contribution in [-0.4, -0.2) is 159 Å². The fourth-order valence-corrected chi connectivity index (χ4v) is 4.10. The van der Waals surface area contributed by atoms with E-state index in [-0.39, 0.29) is 0 Å². The molecule has 1 fully saturated rings. The zero-order chi connectivity index (χ0) is 36.5. The summed E-state index contributed by atoms with van der Waals surface area (Å²) in [5.41, 5.74) is -9.71. The zero-order valence-electron chi connectivity index (χ0n) is 23.7. The average Bonchev–Trinajstić information content (AvgIpc) is 3.26. The van der Waals surface area contributed by atoms with E-state index < -0.39 is 147 Å². The molecule has 1 saturated heterocycles. The van der Waals surface area contributed by atoms with Crippen molar-refractivity contribution in [2.24, 2.45) is 0 Å². The highest BCUT2D eigenvalue weighted by Gasteiger charge is 2.51. The summed E-state index contributed by atoms with van der Waals surface area (Å²) >= 11 is 0. The summed E-state index contributed by atoms with van der Waals surface area (Å²) in [6.07, 6.45) is -17.1. The van der Waals surface area contributed by atoms with Crippen molar-refractivity contribution in [1.82, 2.24) is 0 Å². The first kappa shape index (κ1) is 40.1. The molecule has 0 radical (unpaired) electrons. The number of aliphatic carboxylic acids is 6. The van der Waals surface area contributed by atoms with Crippen LogP contribution in [0.3, 0.4) is 0 Å². The van der Waals surface area contributed by atoms with Gasteiger partial charge in [0.1, 0.15) is 6.10 Å². The van der Waals surface area contributed by atoms with E-state index in [0.29, 0.717) is 0 Å². The molecule has 0 saturated carbocycles. The fourth-order valence-electron chi connectivity index (χ4n) is 4.10. The Morgan fingerprint density at radius 3 is 1.30 bits per heavy atom. The molecule has 0 aromatic rings. The molecule has 7 atom stereocenters. The third-order valence-corrected chi connectivity index (χ3v) is 6.36. The molecule has 0 amide bonds. The van der Waals surface area contributed by atoms with Crippen LogP contribution in [0.15, 0.2) is 0 Å². The van der Waals surface area contributed by atoms with E-state index in [1.165, 1.54) is 0 Å². The Morgan fingerprint density at radius 1 is 0.596 bits per heavy atom. The predicted molar refractivity (Wildman–Crippen MR) is 135 cm³/mol. The highest BCUT2D eigenvalue weighted by atomic mass is 16.7. The number of carbonyl (C=O) groups excluding carboxylic acids is 3. The van der Waals surface area contributed by atoms with Crippen molar-refractivity contribution < 1.29 is 113 Å². The Labute approximate surface area is 260 Å². The number of esters is 3. The summed E-state index contributed by atoms with van der Waals surface area (Å²) < 4.78 is 20.1. The Hall–Kier alpha value is -4.97. The lowest BCUT2D eigenvalue weighted by atomic mass is 9.95. The molecule has 1 heterocycles. The molecule has 0 spiro atoms. The standard InChI is InChI=1S/C24H30O23/c25-7-9(45-14(32)4-22(41,19(35)36)1-11(26)27)17-18(47-16(34)6-24(43,21(39)40)3-13(30)31)10(8-44-17)46-15(33)5-23(42,20(37)38)2-12(28)29/h9-10,17-18,25,41-43H,1-8H2,(H,26,27)(H,28,29)(H,30,31)(H,35,36)(H,37,38)(H,39,40)/t9-,10+,17-,18-,22?,23?,24?/m1/s1. The monoisotopic (exact) mass is 686 g/mol. The highest BCUT2D eigenvalue weighted by molar-refractivity contribution is 5.90. The predicted octanol–water partition coefficient (Wildman–Crippen LogP) is -4.85. The van der Waals surface area contributed by atoms with Crippen molar-refractivity contribution in [3.05, 3.63) is 0 Å². The molecule has 0 aromatic heterocycles. The fraction of sp³-hybridized carbons (Fsp3) is 0.625. The smallest absolute Gasteiger partial charge is 0.336 e. The van der Waals surface area contributed by atoms with E-state index >= 15 is 0 Å². The SMILES string of the molecule is O=C(O)CC(O)(CC(=O)O[C@H]1[C@@H]([C@@H](CO)OC(=O)CC(O)(CC(=O)O)C(=O)O)OC[C@@H]1OC(=O)CC(O)(CC(=O)O)C(=O)O)C(=O)O. The van der Waals surface area contributed by atoms with Gasteiger partial charge in [0.2, 0.25) is 0 Å². The second-order valence-electron chi connectivity index (χ2n) is 10.2. The van der Waals surface area contributed by atoms with Crippen molar-refractivity contribution in [3.63, 3.8) is 0 Å². The second-order valence-corrected chi connectivity index (χ2v) is 10.2. The quantitative estimate of drug-likeness (QED) is 0.0424. The lowest BCUT2D eigenvalue weighted by Crippen LogP contribution is -2.49. The normalized spacial score (nSPS) is 21.8. The maximum Gasteiger partial charge on any atom is 0.336 e. The van der Waals surface area contributed by atoms with Crippen LogP contribution in [0.5, 0.6) is 0 Å². The molecule has 23 nitrogen and oxygen atoms in total. The number of carboxylic acids is 6. The first-order chi connectivity index (χ1) is 21.5. The number of rotatable bonds is 20. The summed E-state index contributed by atoms with van der Waals surface area (Å²) in [4.78, 5) is 105. The number of ether oxygens (including phenoxy) is 4. The maximum atomic E-state index is 12.7. The summed E-state index contributed by atoms with van der Waals surface area (Å²) in [6, 6.07) is 0. The van der Waals surface area contributed by atoms with E-state index in [4.69, 9.17) is 39.4 Å². The number of aliphatic hydroxyl groups excluding tert-OH is 1. The molecule has 0 aliphatic carbocycles. The van der Waals surface area contributed by atoms with Crippen LogP contribution < -0.4 is 0 Å². The molecule has 47 heavy (non-hydrogen) atoms. The minimum absolute atomic E-state index is 0.872. The summed E-state index contributed by atoms with van der Waals surface area (Å²) in [5, 5.41) is 94.4. The number of hydrogen-bond donors (Lipinski definition) is 10. The van der Waals surface area contributed by atoms with E-state index in [1.54, 1.807) is 0 Å². The van der Waals surface area contributed by atoms with Crippen LogP contribution in [0.2, 0.25) is 0 Å². The van der Waals surface area contributed by atoms with Crippen molar-refractivity contribution in [1.29, 1.82) is 0 Å². The lowest BCUT2D eigenvalue weighted by molar-refractivity contribution is -0.187. The van der Waals surface area contributed by atoms with Crippen LogP contribution in [-0.2, 0) is 62.1 Å². The van der Waals surface area contributed by atoms with Crippen LogP contribution >= 0.6 is 0 Å². The molecular formula is C24H30O23. The second kappa shape index (κ2) is 16.0. The van der Waals surface area contributed by atoms with Crippen LogP contribution in [0, 0.1) is 0 Å².